The van der Waals surface area contributed by atoms with Gasteiger partial charge in [-0.15, -0.1) is 0 Å². The Hall–Kier alpha value is -1.40. The number of aryl methyl sites for hydroxylation is 3. The van der Waals surface area contributed by atoms with E-state index in [1.807, 2.05) is 6.92 Å². The molecule has 5 nitrogen and oxygen atoms in total. The Labute approximate surface area is 100 Å². The number of hydrogen-bond acceptors (Lipinski definition) is 4. The SMILES string of the molecule is Cc1cc(C)c(S(=O)(=O)CC(=O)NO)c(C)c1. The lowest BCUT2D eigenvalue weighted by Crippen LogP contribution is -2.28. The lowest BCUT2D eigenvalue weighted by atomic mass is 10.1. The number of hydroxylamine groups is 1. The normalized spacial score (nSPS) is 11.3. The summed E-state index contributed by atoms with van der Waals surface area (Å²) < 4.78 is 24.0. The van der Waals surface area contributed by atoms with Gasteiger partial charge in [-0.05, 0) is 31.9 Å². The Morgan fingerprint density at radius 3 is 2.12 bits per heavy atom. The summed E-state index contributed by atoms with van der Waals surface area (Å²) in [6.07, 6.45) is 0. The molecule has 0 spiro atoms. The van der Waals surface area contributed by atoms with Gasteiger partial charge in [-0.1, -0.05) is 17.7 Å². The molecule has 6 heteroatoms. The molecule has 2 N–H and O–H groups in total. The van der Waals surface area contributed by atoms with Gasteiger partial charge in [0.1, 0.15) is 5.75 Å². The molecule has 94 valence electrons. The molecular formula is C11H15NO4S. The van der Waals surface area contributed by atoms with Crippen LogP contribution in [-0.4, -0.2) is 25.3 Å². The highest BCUT2D eigenvalue weighted by atomic mass is 32.2. The number of sulfone groups is 1. The average molecular weight is 257 g/mol. The van der Waals surface area contributed by atoms with Crippen molar-refractivity contribution < 1.29 is 18.4 Å². The lowest BCUT2D eigenvalue weighted by Gasteiger charge is -2.11. The molecule has 0 aromatic heterocycles. The van der Waals surface area contributed by atoms with Gasteiger partial charge in [0.25, 0.3) is 5.91 Å². The molecular weight excluding hydrogens is 242 g/mol. The minimum Gasteiger partial charge on any atom is -0.289 e. The highest BCUT2D eigenvalue weighted by molar-refractivity contribution is 7.92. The standard InChI is InChI=1S/C11H15NO4S/c1-7-4-8(2)11(9(3)5-7)17(15,16)6-10(13)12-14/h4-5,14H,6H2,1-3H3,(H,12,13). The van der Waals surface area contributed by atoms with E-state index in [-0.39, 0.29) is 4.90 Å². The molecule has 0 unspecified atom stereocenters. The summed E-state index contributed by atoms with van der Waals surface area (Å²) in [7, 11) is -3.72. The Morgan fingerprint density at radius 1 is 1.24 bits per heavy atom. The third-order valence-corrected chi connectivity index (χ3v) is 4.27. The number of carbonyl (C=O) groups excluding carboxylic acids is 1. The van der Waals surface area contributed by atoms with Gasteiger partial charge in [0.2, 0.25) is 0 Å². The molecule has 1 rings (SSSR count). The van der Waals surface area contributed by atoms with Gasteiger partial charge >= 0.3 is 0 Å². The fourth-order valence-corrected chi connectivity index (χ4v) is 3.59. The third-order valence-electron chi connectivity index (χ3n) is 2.36. The summed E-state index contributed by atoms with van der Waals surface area (Å²) in [5.41, 5.74) is 3.50. The van der Waals surface area contributed by atoms with Crippen LogP contribution in [-0.2, 0) is 14.6 Å². The first-order chi connectivity index (χ1) is 7.77. The summed E-state index contributed by atoms with van der Waals surface area (Å²) >= 11 is 0. The van der Waals surface area contributed by atoms with Crippen LogP contribution in [0.5, 0.6) is 0 Å². The maximum Gasteiger partial charge on any atom is 0.258 e. The molecule has 0 fully saturated rings. The van der Waals surface area contributed by atoms with Crippen molar-refractivity contribution >= 4 is 15.7 Å². The van der Waals surface area contributed by atoms with Gasteiger partial charge in [0.15, 0.2) is 9.84 Å². The maximum absolute atomic E-state index is 12.0. The van der Waals surface area contributed by atoms with E-state index in [4.69, 9.17) is 5.21 Å². The summed E-state index contributed by atoms with van der Waals surface area (Å²) in [5.74, 6) is -1.70. The van der Waals surface area contributed by atoms with Crippen LogP contribution < -0.4 is 5.48 Å². The van der Waals surface area contributed by atoms with Crippen molar-refractivity contribution in [3.63, 3.8) is 0 Å². The van der Waals surface area contributed by atoms with Crippen LogP contribution in [0.25, 0.3) is 0 Å². The van der Waals surface area contributed by atoms with Gasteiger partial charge in [0.05, 0.1) is 4.90 Å². The molecule has 1 amide bonds. The monoisotopic (exact) mass is 257 g/mol. The Morgan fingerprint density at radius 2 is 1.71 bits per heavy atom. The van der Waals surface area contributed by atoms with E-state index >= 15 is 0 Å². The third kappa shape index (κ3) is 3.04. The second-order valence-corrected chi connectivity index (χ2v) is 5.95. The largest absolute Gasteiger partial charge is 0.289 e. The van der Waals surface area contributed by atoms with E-state index in [1.54, 1.807) is 26.0 Å². The molecule has 0 aliphatic rings. The number of nitrogens with one attached hydrogen (secondary N) is 1. The Kier molecular flexibility index (Phi) is 3.90. The van der Waals surface area contributed by atoms with E-state index in [0.29, 0.717) is 11.1 Å². The summed E-state index contributed by atoms with van der Waals surface area (Å²) in [6, 6.07) is 3.49. The second-order valence-electron chi connectivity index (χ2n) is 4.02. The molecule has 17 heavy (non-hydrogen) atoms. The zero-order valence-electron chi connectivity index (χ0n) is 9.94. The zero-order chi connectivity index (χ0) is 13.2. The maximum atomic E-state index is 12.0. The first kappa shape index (κ1) is 13.7. The predicted octanol–water partition coefficient (Wildman–Crippen LogP) is 0.891. The van der Waals surface area contributed by atoms with Crippen molar-refractivity contribution in [2.45, 2.75) is 25.7 Å². The zero-order valence-corrected chi connectivity index (χ0v) is 10.8. The van der Waals surface area contributed by atoms with E-state index in [9.17, 15) is 13.2 Å². The quantitative estimate of drug-likeness (QED) is 0.622. The number of amides is 1. The molecule has 0 saturated carbocycles. The second kappa shape index (κ2) is 4.85. The molecule has 0 bridgehead atoms. The topological polar surface area (TPSA) is 83.5 Å². The molecule has 0 saturated heterocycles. The number of benzene rings is 1. The van der Waals surface area contributed by atoms with E-state index in [1.165, 1.54) is 5.48 Å². The molecule has 1 aromatic rings. The predicted molar refractivity (Wildman–Crippen MR) is 62.6 cm³/mol. The number of hydrogen-bond donors (Lipinski definition) is 2. The van der Waals surface area contributed by atoms with Gasteiger partial charge < -0.3 is 0 Å². The van der Waals surface area contributed by atoms with Crippen LogP contribution in [0.1, 0.15) is 16.7 Å². The minimum atomic E-state index is -3.72. The van der Waals surface area contributed by atoms with Crippen molar-refractivity contribution in [1.29, 1.82) is 0 Å². The highest BCUT2D eigenvalue weighted by Crippen LogP contribution is 2.22. The van der Waals surface area contributed by atoms with Gasteiger partial charge in [0, 0.05) is 0 Å². The average Bonchev–Trinajstić information content (AvgIpc) is 2.14. The molecule has 0 aliphatic heterocycles. The number of rotatable bonds is 3. The molecule has 0 atom stereocenters. The summed E-state index contributed by atoms with van der Waals surface area (Å²) in [5, 5.41) is 8.36. The highest BCUT2D eigenvalue weighted by Gasteiger charge is 2.23. The van der Waals surface area contributed by atoms with E-state index in [2.05, 4.69) is 0 Å². The van der Waals surface area contributed by atoms with Crippen molar-refractivity contribution in [3.05, 3.63) is 28.8 Å². The first-order valence-electron chi connectivity index (χ1n) is 5.01. The molecule has 0 heterocycles. The number of carbonyl (C=O) groups is 1. The van der Waals surface area contributed by atoms with Crippen LogP contribution in [0, 0.1) is 20.8 Å². The van der Waals surface area contributed by atoms with Crippen LogP contribution in [0.4, 0.5) is 0 Å². The Bertz CT molecular complexity index is 526. The van der Waals surface area contributed by atoms with Crippen LogP contribution >= 0.6 is 0 Å². The first-order valence-corrected chi connectivity index (χ1v) is 6.66. The van der Waals surface area contributed by atoms with Crippen molar-refractivity contribution in [1.82, 2.24) is 5.48 Å². The smallest absolute Gasteiger partial charge is 0.258 e. The van der Waals surface area contributed by atoms with Crippen LogP contribution in [0.15, 0.2) is 17.0 Å². The minimum absolute atomic E-state index is 0.159. The molecule has 0 aliphatic carbocycles. The van der Waals surface area contributed by atoms with E-state index < -0.39 is 21.5 Å². The Balaban J connectivity index is 3.29. The fourth-order valence-electron chi connectivity index (χ4n) is 1.93. The van der Waals surface area contributed by atoms with Gasteiger partial charge in [-0.3, -0.25) is 10.0 Å². The fraction of sp³-hybridized carbons (Fsp3) is 0.364. The van der Waals surface area contributed by atoms with Crippen molar-refractivity contribution in [2.75, 3.05) is 5.75 Å². The van der Waals surface area contributed by atoms with Gasteiger partial charge in [-0.2, -0.15) is 0 Å². The molecule has 0 radical (unpaired) electrons. The van der Waals surface area contributed by atoms with Crippen LogP contribution in [0.3, 0.4) is 0 Å². The lowest BCUT2D eigenvalue weighted by molar-refractivity contribution is -0.126. The van der Waals surface area contributed by atoms with Gasteiger partial charge in [-0.25, -0.2) is 13.9 Å². The van der Waals surface area contributed by atoms with Crippen molar-refractivity contribution in [3.8, 4) is 0 Å². The summed E-state index contributed by atoms with van der Waals surface area (Å²) in [4.78, 5) is 11.1. The van der Waals surface area contributed by atoms with Crippen LogP contribution in [0.2, 0.25) is 0 Å². The summed E-state index contributed by atoms with van der Waals surface area (Å²) in [6.45, 7) is 5.24. The van der Waals surface area contributed by atoms with E-state index in [0.717, 1.165) is 5.56 Å². The molecule has 1 aromatic carbocycles. The van der Waals surface area contributed by atoms with Crippen molar-refractivity contribution in [2.24, 2.45) is 0 Å².